The van der Waals surface area contributed by atoms with Gasteiger partial charge in [0.2, 0.25) is 0 Å². The van der Waals surface area contributed by atoms with Crippen molar-refractivity contribution in [3.8, 4) is 0 Å². The smallest absolute Gasteiger partial charge is 0.105 e. The average Bonchev–Trinajstić information content (AvgIpc) is 2.44. The standard InChI is InChI=1S/C15H20N2O2/c1-17-9-8-14(18)15(19)12-6-2-5-11-10(12)4-3-7-13(11)16/h2-7,14-15,17-19H,8-9,16H2,1H3. The summed E-state index contributed by atoms with van der Waals surface area (Å²) >= 11 is 0. The van der Waals surface area contributed by atoms with Crippen LogP contribution in [0, 0.1) is 0 Å². The molecule has 0 radical (unpaired) electrons. The molecule has 0 fully saturated rings. The summed E-state index contributed by atoms with van der Waals surface area (Å²) < 4.78 is 0. The lowest BCUT2D eigenvalue weighted by Crippen LogP contribution is -2.23. The lowest BCUT2D eigenvalue weighted by atomic mass is 9.95. The maximum Gasteiger partial charge on any atom is 0.105 e. The monoisotopic (exact) mass is 260 g/mol. The molecule has 2 aromatic rings. The van der Waals surface area contributed by atoms with Crippen molar-refractivity contribution in [1.29, 1.82) is 0 Å². The highest BCUT2D eigenvalue weighted by atomic mass is 16.3. The fraction of sp³-hybridized carbons (Fsp3) is 0.333. The summed E-state index contributed by atoms with van der Waals surface area (Å²) in [6.07, 6.45) is -1.20. The van der Waals surface area contributed by atoms with E-state index in [0.29, 0.717) is 24.2 Å². The molecule has 0 saturated heterocycles. The molecule has 0 spiro atoms. The predicted octanol–water partition coefficient (Wildman–Crippen LogP) is 1.43. The highest BCUT2D eigenvalue weighted by molar-refractivity contribution is 5.95. The van der Waals surface area contributed by atoms with Crippen LogP contribution in [0.15, 0.2) is 36.4 Å². The van der Waals surface area contributed by atoms with Crippen LogP contribution in [-0.2, 0) is 0 Å². The summed E-state index contributed by atoms with van der Waals surface area (Å²) in [4.78, 5) is 0. The molecule has 0 amide bonds. The van der Waals surface area contributed by atoms with Crippen LogP contribution in [0.4, 0.5) is 5.69 Å². The Kier molecular flexibility index (Phi) is 4.37. The molecule has 2 atom stereocenters. The fourth-order valence-electron chi connectivity index (χ4n) is 2.27. The van der Waals surface area contributed by atoms with Crippen molar-refractivity contribution in [2.45, 2.75) is 18.6 Å². The van der Waals surface area contributed by atoms with Crippen LogP contribution in [-0.4, -0.2) is 29.9 Å². The van der Waals surface area contributed by atoms with Gasteiger partial charge in [-0.1, -0.05) is 30.3 Å². The zero-order chi connectivity index (χ0) is 13.8. The number of fused-ring (bicyclic) bond motifs is 1. The number of benzene rings is 2. The van der Waals surface area contributed by atoms with Gasteiger partial charge < -0.3 is 21.3 Å². The fourth-order valence-corrected chi connectivity index (χ4v) is 2.27. The van der Waals surface area contributed by atoms with E-state index in [4.69, 9.17) is 5.73 Å². The van der Waals surface area contributed by atoms with Crippen molar-refractivity contribution in [2.24, 2.45) is 0 Å². The van der Waals surface area contributed by atoms with Gasteiger partial charge in [-0.05, 0) is 37.0 Å². The average molecular weight is 260 g/mol. The summed E-state index contributed by atoms with van der Waals surface area (Å²) in [5.74, 6) is 0. The van der Waals surface area contributed by atoms with Crippen LogP contribution >= 0.6 is 0 Å². The first-order valence-electron chi connectivity index (χ1n) is 6.43. The summed E-state index contributed by atoms with van der Waals surface area (Å²) in [6, 6.07) is 11.2. The Hall–Kier alpha value is -1.62. The number of rotatable bonds is 5. The Balaban J connectivity index is 2.37. The largest absolute Gasteiger partial charge is 0.398 e. The minimum Gasteiger partial charge on any atom is -0.398 e. The summed E-state index contributed by atoms with van der Waals surface area (Å²) in [5, 5.41) is 25.0. The van der Waals surface area contributed by atoms with Gasteiger partial charge in [-0.2, -0.15) is 0 Å². The Morgan fingerprint density at radius 3 is 2.53 bits per heavy atom. The molecule has 102 valence electrons. The number of nitrogens with two attached hydrogens (primary N) is 1. The molecular weight excluding hydrogens is 240 g/mol. The molecule has 0 aliphatic carbocycles. The predicted molar refractivity (Wildman–Crippen MR) is 77.9 cm³/mol. The van der Waals surface area contributed by atoms with Gasteiger partial charge in [0.1, 0.15) is 6.10 Å². The first-order chi connectivity index (χ1) is 9.15. The molecular formula is C15H20N2O2. The van der Waals surface area contributed by atoms with Crippen molar-refractivity contribution < 1.29 is 10.2 Å². The van der Waals surface area contributed by atoms with E-state index < -0.39 is 12.2 Å². The number of hydrogen-bond donors (Lipinski definition) is 4. The van der Waals surface area contributed by atoms with Gasteiger partial charge >= 0.3 is 0 Å². The molecule has 0 aromatic heterocycles. The van der Waals surface area contributed by atoms with Crippen LogP contribution in [0.2, 0.25) is 0 Å². The second kappa shape index (κ2) is 6.02. The lowest BCUT2D eigenvalue weighted by molar-refractivity contribution is 0.0149. The third-order valence-electron chi connectivity index (χ3n) is 3.36. The van der Waals surface area contributed by atoms with Gasteiger partial charge in [0.15, 0.2) is 0 Å². The Morgan fingerprint density at radius 1 is 1.11 bits per heavy atom. The molecule has 2 unspecified atom stereocenters. The number of hydrogen-bond acceptors (Lipinski definition) is 4. The molecule has 2 rings (SSSR count). The summed E-state index contributed by atoms with van der Waals surface area (Å²) in [5.41, 5.74) is 7.32. The quantitative estimate of drug-likeness (QED) is 0.613. The number of nitrogens with one attached hydrogen (secondary N) is 1. The van der Waals surface area contributed by atoms with Crippen molar-refractivity contribution >= 4 is 16.5 Å². The van der Waals surface area contributed by atoms with Crippen molar-refractivity contribution in [1.82, 2.24) is 5.32 Å². The second-order valence-electron chi connectivity index (χ2n) is 4.69. The molecule has 0 bridgehead atoms. The van der Waals surface area contributed by atoms with E-state index in [1.807, 2.05) is 43.4 Å². The number of aliphatic hydroxyl groups excluding tert-OH is 2. The third-order valence-corrected chi connectivity index (χ3v) is 3.36. The number of anilines is 1. The van der Waals surface area contributed by atoms with Crippen molar-refractivity contribution in [3.05, 3.63) is 42.0 Å². The first kappa shape index (κ1) is 13.8. The van der Waals surface area contributed by atoms with Crippen molar-refractivity contribution in [3.63, 3.8) is 0 Å². The molecule has 0 aliphatic rings. The van der Waals surface area contributed by atoms with Gasteiger partial charge in [-0.15, -0.1) is 0 Å². The zero-order valence-electron chi connectivity index (χ0n) is 11.0. The van der Waals surface area contributed by atoms with Crippen LogP contribution in [0.3, 0.4) is 0 Å². The SMILES string of the molecule is CNCCC(O)C(O)c1cccc2c(N)cccc12. The van der Waals surface area contributed by atoms with E-state index in [2.05, 4.69) is 5.32 Å². The molecule has 4 nitrogen and oxygen atoms in total. The van der Waals surface area contributed by atoms with E-state index in [1.165, 1.54) is 0 Å². The van der Waals surface area contributed by atoms with Gasteiger partial charge in [-0.25, -0.2) is 0 Å². The molecule has 0 saturated carbocycles. The van der Waals surface area contributed by atoms with Crippen LogP contribution in [0.5, 0.6) is 0 Å². The second-order valence-corrected chi connectivity index (χ2v) is 4.69. The molecule has 4 heteroatoms. The molecule has 0 heterocycles. The Labute approximate surface area is 112 Å². The van der Waals surface area contributed by atoms with E-state index in [0.717, 1.165) is 10.8 Å². The van der Waals surface area contributed by atoms with E-state index in [9.17, 15) is 10.2 Å². The zero-order valence-corrected chi connectivity index (χ0v) is 11.0. The molecule has 19 heavy (non-hydrogen) atoms. The van der Waals surface area contributed by atoms with E-state index in [-0.39, 0.29) is 0 Å². The summed E-state index contributed by atoms with van der Waals surface area (Å²) in [7, 11) is 1.82. The van der Waals surface area contributed by atoms with E-state index >= 15 is 0 Å². The van der Waals surface area contributed by atoms with Crippen molar-refractivity contribution in [2.75, 3.05) is 19.3 Å². The minimum atomic E-state index is -0.904. The number of nitrogen functional groups attached to an aromatic ring is 1. The highest BCUT2D eigenvalue weighted by Crippen LogP contribution is 2.29. The Morgan fingerprint density at radius 2 is 1.79 bits per heavy atom. The van der Waals surface area contributed by atoms with Gasteiger partial charge in [0.25, 0.3) is 0 Å². The Bertz CT molecular complexity index is 557. The van der Waals surface area contributed by atoms with Crippen LogP contribution < -0.4 is 11.1 Å². The normalized spacial score (nSPS) is 14.5. The molecule has 0 aliphatic heterocycles. The molecule has 2 aromatic carbocycles. The first-order valence-corrected chi connectivity index (χ1v) is 6.43. The van der Waals surface area contributed by atoms with E-state index in [1.54, 1.807) is 0 Å². The lowest BCUT2D eigenvalue weighted by Gasteiger charge is -2.20. The molecule has 5 N–H and O–H groups in total. The van der Waals surface area contributed by atoms with Gasteiger partial charge in [0, 0.05) is 11.1 Å². The highest BCUT2D eigenvalue weighted by Gasteiger charge is 2.20. The third kappa shape index (κ3) is 2.87. The van der Waals surface area contributed by atoms with Gasteiger partial charge in [-0.3, -0.25) is 0 Å². The number of aliphatic hydroxyl groups is 2. The van der Waals surface area contributed by atoms with Crippen LogP contribution in [0.25, 0.3) is 10.8 Å². The van der Waals surface area contributed by atoms with Crippen LogP contribution in [0.1, 0.15) is 18.1 Å². The van der Waals surface area contributed by atoms with Gasteiger partial charge in [0.05, 0.1) is 6.10 Å². The summed E-state index contributed by atoms with van der Waals surface area (Å²) in [6.45, 7) is 0.658. The minimum absolute atomic E-state index is 0.496. The maximum absolute atomic E-state index is 10.3. The maximum atomic E-state index is 10.3. The topological polar surface area (TPSA) is 78.5 Å².